The van der Waals surface area contributed by atoms with Gasteiger partial charge in [0, 0.05) is 17.3 Å². The van der Waals surface area contributed by atoms with E-state index < -0.39 is 0 Å². The first-order valence-electron chi connectivity index (χ1n) is 6.75. The minimum Gasteiger partial charge on any atom is -0.398 e. The third-order valence-corrected chi connectivity index (χ3v) is 3.80. The Hall–Kier alpha value is -1.51. The van der Waals surface area contributed by atoms with Crippen molar-refractivity contribution in [3.8, 4) is 0 Å². The number of rotatable bonds is 2. The Bertz CT molecular complexity index is 448. The molecule has 3 N–H and O–H groups in total. The third kappa shape index (κ3) is 2.84. The summed E-state index contributed by atoms with van der Waals surface area (Å²) in [6, 6.07) is 4.11. The molecule has 0 aliphatic heterocycles. The zero-order valence-electron chi connectivity index (χ0n) is 11.3. The van der Waals surface area contributed by atoms with Crippen LogP contribution < -0.4 is 11.1 Å². The highest BCUT2D eigenvalue weighted by Crippen LogP contribution is 2.20. The second-order valence-electron chi connectivity index (χ2n) is 5.33. The van der Waals surface area contributed by atoms with E-state index in [1.54, 1.807) is 6.07 Å². The monoisotopic (exact) mass is 246 g/mol. The standard InChI is InChI=1S/C15H22N2O/c1-10-8-11(2)14(16)9-13(10)15(18)17-12-6-4-3-5-7-12/h8-9,12H,3-7,16H2,1-2H3,(H,17,18). The average molecular weight is 246 g/mol. The lowest BCUT2D eigenvalue weighted by molar-refractivity contribution is 0.0927. The first-order valence-corrected chi connectivity index (χ1v) is 6.75. The quantitative estimate of drug-likeness (QED) is 0.788. The predicted molar refractivity (Wildman–Crippen MR) is 74.7 cm³/mol. The molecule has 1 aromatic carbocycles. The van der Waals surface area contributed by atoms with Gasteiger partial charge in [-0.05, 0) is 43.9 Å². The van der Waals surface area contributed by atoms with Gasteiger partial charge in [0.1, 0.15) is 0 Å². The Labute approximate surface area is 109 Å². The van der Waals surface area contributed by atoms with E-state index >= 15 is 0 Å². The normalized spacial score (nSPS) is 16.6. The van der Waals surface area contributed by atoms with Gasteiger partial charge in [-0.1, -0.05) is 25.3 Å². The molecule has 1 aromatic rings. The van der Waals surface area contributed by atoms with Crippen LogP contribution in [-0.4, -0.2) is 11.9 Å². The number of amides is 1. The first kappa shape index (κ1) is 12.9. The molecular weight excluding hydrogens is 224 g/mol. The molecule has 18 heavy (non-hydrogen) atoms. The van der Waals surface area contributed by atoms with E-state index in [-0.39, 0.29) is 5.91 Å². The fourth-order valence-corrected chi connectivity index (χ4v) is 2.62. The van der Waals surface area contributed by atoms with Gasteiger partial charge in [0.15, 0.2) is 0 Å². The predicted octanol–water partition coefficient (Wildman–Crippen LogP) is 2.95. The first-order chi connectivity index (χ1) is 8.58. The van der Waals surface area contributed by atoms with Gasteiger partial charge < -0.3 is 11.1 Å². The number of hydrogen-bond donors (Lipinski definition) is 2. The van der Waals surface area contributed by atoms with Crippen LogP contribution in [0.1, 0.15) is 53.6 Å². The van der Waals surface area contributed by atoms with E-state index in [1.807, 2.05) is 19.9 Å². The maximum atomic E-state index is 12.2. The summed E-state index contributed by atoms with van der Waals surface area (Å²) in [6.07, 6.45) is 5.95. The summed E-state index contributed by atoms with van der Waals surface area (Å²) in [5.74, 6) is 0.0195. The average Bonchev–Trinajstić information content (AvgIpc) is 2.35. The second-order valence-corrected chi connectivity index (χ2v) is 5.33. The summed E-state index contributed by atoms with van der Waals surface area (Å²) in [5.41, 5.74) is 9.31. The highest BCUT2D eigenvalue weighted by molar-refractivity contribution is 5.96. The molecule has 0 saturated heterocycles. The molecule has 3 heteroatoms. The highest BCUT2D eigenvalue weighted by atomic mass is 16.1. The lowest BCUT2D eigenvalue weighted by atomic mass is 9.95. The van der Waals surface area contributed by atoms with Crippen LogP contribution in [0.5, 0.6) is 0 Å². The SMILES string of the molecule is Cc1cc(C)c(C(=O)NC2CCCCC2)cc1N. The van der Waals surface area contributed by atoms with Crippen molar-refractivity contribution in [1.29, 1.82) is 0 Å². The molecule has 98 valence electrons. The lowest BCUT2D eigenvalue weighted by Gasteiger charge is -2.23. The number of nitrogens with two attached hydrogens (primary N) is 1. The van der Waals surface area contributed by atoms with E-state index in [4.69, 9.17) is 5.73 Å². The number of carbonyl (C=O) groups is 1. The topological polar surface area (TPSA) is 55.1 Å². The van der Waals surface area contributed by atoms with Gasteiger partial charge >= 0.3 is 0 Å². The van der Waals surface area contributed by atoms with E-state index in [9.17, 15) is 4.79 Å². The minimum absolute atomic E-state index is 0.0195. The molecule has 1 saturated carbocycles. The van der Waals surface area contributed by atoms with Crippen molar-refractivity contribution >= 4 is 11.6 Å². The highest BCUT2D eigenvalue weighted by Gasteiger charge is 2.18. The Kier molecular flexibility index (Phi) is 3.90. The molecule has 1 fully saturated rings. The molecule has 0 atom stereocenters. The molecule has 1 amide bonds. The summed E-state index contributed by atoms with van der Waals surface area (Å²) >= 11 is 0. The van der Waals surface area contributed by atoms with E-state index in [2.05, 4.69) is 5.32 Å². The molecule has 0 unspecified atom stereocenters. The maximum Gasteiger partial charge on any atom is 0.251 e. The summed E-state index contributed by atoms with van der Waals surface area (Å²) in [6.45, 7) is 3.92. The molecule has 0 bridgehead atoms. The third-order valence-electron chi connectivity index (χ3n) is 3.80. The number of nitrogens with one attached hydrogen (secondary N) is 1. The van der Waals surface area contributed by atoms with Crippen molar-refractivity contribution in [2.45, 2.75) is 52.0 Å². The Morgan fingerprint density at radius 3 is 2.50 bits per heavy atom. The molecule has 0 spiro atoms. The van der Waals surface area contributed by atoms with Gasteiger partial charge in [-0.3, -0.25) is 4.79 Å². The molecule has 0 radical (unpaired) electrons. The molecule has 0 aromatic heterocycles. The zero-order valence-corrected chi connectivity index (χ0v) is 11.3. The molecule has 0 heterocycles. The van der Waals surface area contributed by atoms with Crippen LogP contribution in [-0.2, 0) is 0 Å². The summed E-state index contributed by atoms with van der Waals surface area (Å²) in [4.78, 5) is 12.2. The Morgan fingerprint density at radius 1 is 1.17 bits per heavy atom. The fourth-order valence-electron chi connectivity index (χ4n) is 2.62. The van der Waals surface area contributed by atoms with E-state index in [0.717, 1.165) is 24.0 Å². The van der Waals surface area contributed by atoms with Gasteiger partial charge in [0.25, 0.3) is 5.91 Å². The van der Waals surface area contributed by atoms with Crippen LogP contribution >= 0.6 is 0 Å². The number of anilines is 1. The number of aryl methyl sites for hydroxylation is 2. The van der Waals surface area contributed by atoms with Gasteiger partial charge in [0.05, 0.1) is 0 Å². The molecule has 1 aliphatic carbocycles. The maximum absolute atomic E-state index is 12.2. The van der Waals surface area contributed by atoms with Crippen LogP contribution in [0.2, 0.25) is 0 Å². The number of hydrogen-bond acceptors (Lipinski definition) is 2. The summed E-state index contributed by atoms with van der Waals surface area (Å²) in [5, 5.41) is 3.13. The van der Waals surface area contributed by atoms with Crippen molar-refractivity contribution < 1.29 is 4.79 Å². The molecule has 2 rings (SSSR count). The van der Waals surface area contributed by atoms with Gasteiger partial charge in [-0.25, -0.2) is 0 Å². The van der Waals surface area contributed by atoms with Crippen molar-refractivity contribution in [1.82, 2.24) is 5.32 Å². The van der Waals surface area contributed by atoms with E-state index in [0.29, 0.717) is 17.3 Å². The van der Waals surface area contributed by atoms with Crippen LogP contribution in [0.3, 0.4) is 0 Å². The zero-order chi connectivity index (χ0) is 13.1. The minimum atomic E-state index is 0.0195. The van der Waals surface area contributed by atoms with Gasteiger partial charge in [-0.2, -0.15) is 0 Å². The van der Waals surface area contributed by atoms with Crippen LogP contribution in [0.25, 0.3) is 0 Å². The smallest absolute Gasteiger partial charge is 0.251 e. The molecule has 3 nitrogen and oxygen atoms in total. The van der Waals surface area contributed by atoms with Gasteiger partial charge in [-0.15, -0.1) is 0 Å². The number of benzene rings is 1. The van der Waals surface area contributed by atoms with Crippen LogP contribution in [0, 0.1) is 13.8 Å². The van der Waals surface area contributed by atoms with Crippen molar-refractivity contribution in [3.05, 3.63) is 28.8 Å². The van der Waals surface area contributed by atoms with Crippen molar-refractivity contribution in [2.24, 2.45) is 0 Å². The Morgan fingerprint density at radius 2 is 1.83 bits per heavy atom. The largest absolute Gasteiger partial charge is 0.398 e. The van der Waals surface area contributed by atoms with Crippen LogP contribution in [0.15, 0.2) is 12.1 Å². The Balaban J connectivity index is 2.10. The second kappa shape index (κ2) is 5.42. The number of carbonyl (C=O) groups excluding carboxylic acids is 1. The van der Waals surface area contributed by atoms with Crippen LogP contribution in [0.4, 0.5) is 5.69 Å². The summed E-state index contributed by atoms with van der Waals surface area (Å²) in [7, 11) is 0. The van der Waals surface area contributed by atoms with E-state index in [1.165, 1.54) is 19.3 Å². The van der Waals surface area contributed by atoms with Gasteiger partial charge in [0.2, 0.25) is 0 Å². The molecular formula is C15H22N2O. The summed E-state index contributed by atoms with van der Waals surface area (Å²) < 4.78 is 0. The number of nitrogen functional groups attached to an aromatic ring is 1. The lowest BCUT2D eigenvalue weighted by Crippen LogP contribution is -2.36. The van der Waals surface area contributed by atoms with Crippen molar-refractivity contribution in [3.63, 3.8) is 0 Å². The fraction of sp³-hybridized carbons (Fsp3) is 0.533. The van der Waals surface area contributed by atoms with Crippen molar-refractivity contribution in [2.75, 3.05) is 5.73 Å². The molecule has 1 aliphatic rings.